The monoisotopic (exact) mass is 369 g/mol. The third kappa shape index (κ3) is 6.13. The highest BCUT2D eigenvalue weighted by Crippen LogP contribution is 2.09. The van der Waals surface area contributed by atoms with Crippen molar-refractivity contribution >= 4 is 29.9 Å². The van der Waals surface area contributed by atoms with Crippen LogP contribution in [0.1, 0.15) is 18.9 Å². The largest absolute Gasteiger partial charge is 0.370 e. The van der Waals surface area contributed by atoms with Gasteiger partial charge in [0, 0.05) is 19.2 Å². The number of hydrogen-bond donors (Lipinski definition) is 2. The molecule has 1 aromatic rings. The van der Waals surface area contributed by atoms with E-state index in [1.807, 2.05) is 6.92 Å². The van der Waals surface area contributed by atoms with Gasteiger partial charge in [-0.2, -0.15) is 0 Å². The van der Waals surface area contributed by atoms with Crippen LogP contribution in [-0.2, 0) is 6.42 Å². The van der Waals surface area contributed by atoms with Crippen molar-refractivity contribution in [2.45, 2.75) is 19.8 Å². The predicted molar refractivity (Wildman–Crippen MR) is 80.3 cm³/mol. The molecule has 1 rings (SSSR count). The first-order valence-electron chi connectivity index (χ1n) is 5.61. The van der Waals surface area contributed by atoms with Crippen molar-refractivity contribution in [3.8, 4) is 0 Å². The summed E-state index contributed by atoms with van der Waals surface area (Å²) < 4.78 is 25.9. The fourth-order valence-electron chi connectivity index (χ4n) is 1.34. The van der Waals surface area contributed by atoms with E-state index in [9.17, 15) is 8.78 Å². The van der Waals surface area contributed by atoms with Crippen LogP contribution in [-0.4, -0.2) is 19.0 Å². The molecule has 0 bridgehead atoms. The van der Waals surface area contributed by atoms with Crippen molar-refractivity contribution in [3.05, 3.63) is 35.4 Å². The van der Waals surface area contributed by atoms with Crippen molar-refractivity contribution < 1.29 is 8.78 Å². The average molecular weight is 369 g/mol. The molecule has 6 heteroatoms. The predicted octanol–water partition coefficient (Wildman–Crippen LogP) is 2.44. The molecule has 1 aromatic carbocycles. The van der Waals surface area contributed by atoms with Gasteiger partial charge in [-0.25, -0.2) is 8.78 Å². The fourth-order valence-corrected chi connectivity index (χ4v) is 1.34. The molecule has 0 aromatic heterocycles. The van der Waals surface area contributed by atoms with Crippen molar-refractivity contribution in [3.63, 3.8) is 0 Å². The van der Waals surface area contributed by atoms with Gasteiger partial charge in [-0.05, 0) is 24.5 Å². The Morgan fingerprint density at radius 3 is 2.72 bits per heavy atom. The lowest BCUT2D eigenvalue weighted by Crippen LogP contribution is -2.33. The maximum absolute atomic E-state index is 13.2. The van der Waals surface area contributed by atoms with Crippen LogP contribution in [0, 0.1) is 11.6 Å². The van der Waals surface area contributed by atoms with Crippen molar-refractivity contribution in [2.24, 2.45) is 10.7 Å². The minimum atomic E-state index is -0.566. The lowest BCUT2D eigenvalue weighted by atomic mass is 10.1. The van der Waals surface area contributed by atoms with Crippen LogP contribution in [0.3, 0.4) is 0 Å². The Hall–Kier alpha value is -0.920. The van der Waals surface area contributed by atoms with E-state index in [4.69, 9.17) is 5.73 Å². The van der Waals surface area contributed by atoms with E-state index in [0.29, 0.717) is 31.0 Å². The van der Waals surface area contributed by atoms with E-state index in [0.717, 1.165) is 12.5 Å². The number of guanidine groups is 1. The molecule has 0 heterocycles. The summed E-state index contributed by atoms with van der Waals surface area (Å²) in [4.78, 5) is 4.04. The number of aliphatic imine (C=N–C) groups is 1. The number of nitrogens with two attached hydrogens (primary N) is 1. The molecule has 0 spiro atoms. The molecule has 3 N–H and O–H groups in total. The molecule has 0 aliphatic carbocycles. The standard InChI is InChI=1S/C12H17F2N3.HI/c1-2-6-16-12(15)17-7-5-9-3-4-10(13)8-11(9)14;/h3-4,8H,2,5-7H2,1H3,(H3,15,16,17);1H. The van der Waals surface area contributed by atoms with E-state index in [-0.39, 0.29) is 24.0 Å². The molecule has 0 saturated heterocycles. The molecule has 0 aliphatic rings. The van der Waals surface area contributed by atoms with E-state index >= 15 is 0 Å². The first-order chi connectivity index (χ1) is 8.13. The van der Waals surface area contributed by atoms with Gasteiger partial charge < -0.3 is 11.1 Å². The maximum atomic E-state index is 13.2. The fraction of sp³-hybridized carbons (Fsp3) is 0.417. The first kappa shape index (κ1) is 17.1. The maximum Gasteiger partial charge on any atom is 0.188 e. The number of nitrogens with zero attached hydrogens (tertiary/aromatic N) is 1. The van der Waals surface area contributed by atoms with Crippen LogP contribution in [0.5, 0.6) is 0 Å². The second kappa shape index (κ2) is 9.07. The Labute approximate surface area is 123 Å². The number of halogens is 3. The van der Waals surface area contributed by atoms with Crippen molar-refractivity contribution in [1.29, 1.82) is 0 Å². The zero-order valence-electron chi connectivity index (χ0n) is 10.2. The van der Waals surface area contributed by atoms with Gasteiger partial charge in [0.25, 0.3) is 0 Å². The van der Waals surface area contributed by atoms with Gasteiger partial charge in [-0.1, -0.05) is 13.0 Å². The number of hydrogen-bond acceptors (Lipinski definition) is 1. The summed E-state index contributed by atoms with van der Waals surface area (Å²) in [6.45, 7) is 3.15. The SMILES string of the molecule is CCCN=C(N)NCCc1ccc(F)cc1F.I. The van der Waals surface area contributed by atoms with Crippen LogP contribution in [0.2, 0.25) is 0 Å². The molecule has 0 fully saturated rings. The van der Waals surface area contributed by atoms with E-state index < -0.39 is 11.6 Å². The Kier molecular flexibility index (Phi) is 8.61. The molecule has 102 valence electrons. The highest BCUT2D eigenvalue weighted by atomic mass is 127. The number of nitrogens with one attached hydrogen (secondary N) is 1. The summed E-state index contributed by atoms with van der Waals surface area (Å²) in [7, 11) is 0. The van der Waals surface area contributed by atoms with Gasteiger partial charge in [0.15, 0.2) is 5.96 Å². The lowest BCUT2D eigenvalue weighted by molar-refractivity contribution is 0.571. The Balaban J connectivity index is 0.00000289. The molecule has 0 radical (unpaired) electrons. The third-order valence-corrected chi connectivity index (χ3v) is 2.22. The van der Waals surface area contributed by atoms with E-state index in [1.165, 1.54) is 12.1 Å². The van der Waals surface area contributed by atoms with Crippen LogP contribution in [0.25, 0.3) is 0 Å². The summed E-state index contributed by atoms with van der Waals surface area (Å²) in [5, 5.41) is 2.88. The second-order valence-electron chi connectivity index (χ2n) is 3.68. The van der Waals surface area contributed by atoms with Gasteiger partial charge in [0.2, 0.25) is 0 Å². The molecular weight excluding hydrogens is 351 g/mol. The van der Waals surface area contributed by atoms with E-state index in [1.54, 1.807) is 0 Å². The summed E-state index contributed by atoms with van der Waals surface area (Å²) in [5.41, 5.74) is 6.03. The second-order valence-corrected chi connectivity index (χ2v) is 3.68. The summed E-state index contributed by atoms with van der Waals surface area (Å²) in [6.07, 6.45) is 1.36. The molecule has 0 amide bonds. The molecule has 3 nitrogen and oxygen atoms in total. The molecule has 0 aliphatic heterocycles. The highest BCUT2D eigenvalue weighted by Gasteiger charge is 2.03. The highest BCUT2D eigenvalue weighted by molar-refractivity contribution is 14.0. The zero-order valence-corrected chi connectivity index (χ0v) is 12.6. The van der Waals surface area contributed by atoms with E-state index in [2.05, 4.69) is 10.3 Å². The minimum absolute atomic E-state index is 0. The summed E-state index contributed by atoms with van der Waals surface area (Å²) in [5.74, 6) is -0.742. The topological polar surface area (TPSA) is 50.4 Å². The average Bonchev–Trinajstić information content (AvgIpc) is 2.29. The Bertz CT molecular complexity index is 397. The number of benzene rings is 1. The summed E-state index contributed by atoms with van der Waals surface area (Å²) >= 11 is 0. The normalized spacial score (nSPS) is 10.9. The Morgan fingerprint density at radius 2 is 2.11 bits per heavy atom. The smallest absolute Gasteiger partial charge is 0.188 e. The van der Waals surface area contributed by atoms with Crippen LogP contribution in [0.15, 0.2) is 23.2 Å². The zero-order chi connectivity index (χ0) is 12.7. The van der Waals surface area contributed by atoms with Crippen molar-refractivity contribution in [1.82, 2.24) is 5.32 Å². The van der Waals surface area contributed by atoms with Crippen LogP contribution < -0.4 is 11.1 Å². The first-order valence-corrected chi connectivity index (χ1v) is 5.61. The van der Waals surface area contributed by atoms with Gasteiger partial charge in [-0.15, -0.1) is 24.0 Å². The lowest BCUT2D eigenvalue weighted by Gasteiger charge is -2.06. The van der Waals surface area contributed by atoms with Crippen molar-refractivity contribution in [2.75, 3.05) is 13.1 Å². The Morgan fingerprint density at radius 1 is 1.39 bits per heavy atom. The number of rotatable bonds is 5. The molecule has 18 heavy (non-hydrogen) atoms. The third-order valence-electron chi connectivity index (χ3n) is 2.22. The minimum Gasteiger partial charge on any atom is -0.370 e. The molecular formula is C12H18F2IN3. The van der Waals surface area contributed by atoms with Crippen LogP contribution >= 0.6 is 24.0 Å². The van der Waals surface area contributed by atoms with Gasteiger partial charge >= 0.3 is 0 Å². The quantitative estimate of drug-likeness (QED) is 0.476. The van der Waals surface area contributed by atoms with Gasteiger partial charge in [0.05, 0.1) is 0 Å². The van der Waals surface area contributed by atoms with Gasteiger partial charge in [-0.3, -0.25) is 4.99 Å². The van der Waals surface area contributed by atoms with Crippen LogP contribution in [0.4, 0.5) is 8.78 Å². The molecule has 0 unspecified atom stereocenters. The summed E-state index contributed by atoms with van der Waals surface area (Å²) in [6, 6.07) is 3.56. The molecule has 0 saturated carbocycles. The van der Waals surface area contributed by atoms with Gasteiger partial charge in [0.1, 0.15) is 11.6 Å². The molecule has 0 atom stereocenters.